The van der Waals surface area contributed by atoms with Crippen LogP contribution in [0.25, 0.3) is 0 Å². The molecule has 1 aliphatic rings. The maximum absolute atomic E-state index is 5.99. The highest BCUT2D eigenvalue weighted by atomic mass is 16.5. The summed E-state index contributed by atoms with van der Waals surface area (Å²) in [7, 11) is 3.26. The van der Waals surface area contributed by atoms with Crippen molar-refractivity contribution in [1.29, 1.82) is 0 Å². The number of aryl methyl sites for hydroxylation is 1. The number of hydrogen-bond acceptors (Lipinski definition) is 4. The number of methoxy groups -OCH3 is 2. The highest BCUT2D eigenvalue weighted by Crippen LogP contribution is 2.34. The lowest BCUT2D eigenvalue weighted by Crippen LogP contribution is -2.20. The van der Waals surface area contributed by atoms with Crippen LogP contribution in [0.5, 0.6) is 11.5 Å². The van der Waals surface area contributed by atoms with Crippen LogP contribution in [-0.4, -0.2) is 38.8 Å². The van der Waals surface area contributed by atoms with Crippen LogP contribution in [0.1, 0.15) is 24.8 Å². The van der Waals surface area contributed by atoms with Crippen LogP contribution in [0.3, 0.4) is 0 Å². The maximum atomic E-state index is 5.99. The van der Waals surface area contributed by atoms with E-state index in [0.717, 1.165) is 18.6 Å². The molecule has 4 heteroatoms. The second-order valence-electron chi connectivity index (χ2n) is 5.07. The second kappa shape index (κ2) is 6.66. The van der Waals surface area contributed by atoms with Gasteiger partial charge in [0.15, 0.2) is 11.5 Å². The number of nitrogens with zero attached hydrogens (tertiary/aromatic N) is 1. The van der Waals surface area contributed by atoms with E-state index in [1.807, 2.05) is 12.1 Å². The number of anilines is 1. The molecule has 0 aliphatic carbocycles. The molecule has 4 nitrogen and oxygen atoms in total. The molecule has 2 N–H and O–H groups in total. The number of rotatable bonds is 6. The number of ether oxygens (including phenoxy) is 2. The summed E-state index contributed by atoms with van der Waals surface area (Å²) >= 11 is 0. The van der Waals surface area contributed by atoms with Crippen LogP contribution < -0.4 is 15.2 Å². The zero-order valence-corrected chi connectivity index (χ0v) is 11.9. The third-order valence-electron chi connectivity index (χ3n) is 3.71. The van der Waals surface area contributed by atoms with Crippen molar-refractivity contribution in [2.75, 3.05) is 39.6 Å². The molecule has 0 radical (unpaired) electrons. The largest absolute Gasteiger partial charge is 0.493 e. The van der Waals surface area contributed by atoms with Crippen molar-refractivity contribution in [1.82, 2.24) is 4.90 Å². The first-order valence-corrected chi connectivity index (χ1v) is 6.97. The monoisotopic (exact) mass is 264 g/mol. The van der Waals surface area contributed by atoms with Gasteiger partial charge in [-0.25, -0.2) is 0 Å². The molecule has 1 heterocycles. The van der Waals surface area contributed by atoms with Gasteiger partial charge in [0.1, 0.15) is 0 Å². The van der Waals surface area contributed by atoms with Crippen LogP contribution in [0.4, 0.5) is 5.69 Å². The van der Waals surface area contributed by atoms with E-state index in [1.54, 1.807) is 14.2 Å². The van der Waals surface area contributed by atoms with Gasteiger partial charge in [-0.2, -0.15) is 0 Å². The highest BCUT2D eigenvalue weighted by Gasteiger charge is 2.12. The number of hydrogen-bond donors (Lipinski definition) is 1. The number of nitrogen functional groups attached to an aromatic ring is 1. The number of nitrogens with two attached hydrogens (primary N) is 1. The van der Waals surface area contributed by atoms with Gasteiger partial charge in [-0.15, -0.1) is 0 Å². The fourth-order valence-corrected chi connectivity index (χ4v) is 2.71. The summed E-state index contributed by atoms with van der Waals surface area (Å²) in [4.78, 5) is 2.53. The molecule has 0 spiro atoms. The quantitative estimate of drug-likeness (QED) is 0.801. The summed E-state index contributed by atoms with van der Waals surface area (Å²) < 4.78 is 10.6. The van der Waals surface area contributed by atoms with E-state index in [-0.39, 0.29) is 0 Å². The average Bonchev–Trinajstić information content (AvgIpc) is 2.91. The Balaban J connectivity index is 1.94. The molecule has 0 atom stereocenters. The minimum Gasteiger partial charge on any atom is -0.493 e. The average molecular weight is 264 g/mol. The molecule has 1 aromatic carbocycles. The standard InChI is InChI=1S/C15H24N2O2/c1-18-14-11-12(10-13(16)15(14)19-2)6-5-9-17-7-3-4-8-17/h10-11H,3-9,16H2,1-2H3. The Hall–Kier alpha value is -1.42. The lowest BCUT2D eigenvalue weighted by atomic mass is 10.1. The minimum absolute atomic E-state index is 0.630. The number of benzene rings is 1. The van der Waals surface area contributed by atoms with Crippen LogP contribution in [0.15, 0.2) is 12.1 Å². The van der Waals surface area contributed by atoms with Crippen LogP contribution in [-0.2, 0) is 6.42 Å². The summed E-state index contributed by atoms with van der Waals surface area (Å²) in [6.45, 7) is 3.69. The van der Waals surface area contributed by atoms with Crippen LogP contribution in [0.2, 0.25) is 0 Å². The zero-order valence-electron chi connectivity index (χ0n) is 11.9. The van der Waals surface area contributed by atoms with E-state index in [2.05, 4.69) is 4.90 Å². The molecular weight excluding hydrogens is 240 g/mol. The molecule has 2 rings (SSSR count). The summed E-state index contributed by atoms with van der Waals surface area (Å²) in [5.41, 5.74) is 7.85. The topological polar surface area (TPSA) is 47.7 Å². The minimum atomic E-state index is 0.630. The lowest BCUT2D eigenvalue weighted by Gasteiger charge is -2.15. The fraction of sp³-hybridized carbons (Fsp3) is 0.600. The Kier molecular flexibility index (Phi) is 4.91. The molecular formula is C15H24N2O2. The molecule has 0 unspecified atom stereocenters. The smallest absolute Gasteiger partial charge is 0.183 e. The summed E-state index contributed by atoms with van der Waals surface area (Å²) in [6, 6.07) is 4.02. The van der Waals surface area contributed by atoms with E-state index in [1.165, 1.54) is 38.0 Å². The molecule has 1 aliphatic heterocycles. The van der Waals surface area contributed by atoms with Gasteiger partial charge in [-0.1, -0.05) is 0 Å². The Morgan fingerprint density at radius 3 is 2.53 bits per heavy atom. The van der Waals surface area contributed by atoms with Crippen LogP contribution in [0, 0.1) is 0 Å². The Morgan fingerprint density at radius 2 is 1.89 bits per heavy atom. The summed E-state index contributed by atoms with van der Waals surface area (Å²) in [6.07, 6.45) is 4.89. The third-order valence-corrected chi connectivity index (χ3v) is 3.71. The first-order chi connectivity index (χ1) is 9.24. The summed E-state index contributed by atoms with van der Waals surface area (Å²) in [5.74, 6) is 1.35. The van der Waals surface area contributed by atoms with Crippen molar-refractivity contribution in [3.8, 4) is 11.5 Å². The van der Waals surface area contributed by atoms with Crippen molar-refractivity contribution in [3.05, 3.63) is 17.7 Å². The van der Waals surface area contributed by atoms with Gasteiger partial charge in [-0.3, -0.25) is 0 Å². The molecule has 0 bridgehead atoms. The van der Waals surface area contributed by atoms with Gasteiger partial charge < -0.3 is 20.1 Å². The molecule has 0 amide bonds. The van der Waals surface area contributed by atoms with E-state index in [4.69, 9.17) is 15.2 Å². The van der Waals surface area contributed by atoms with Crippen molar-refractivity contribution in [2.24, 2.45) is 0 Å². The van der Waals surface area contributed by atoms with Gasteiger partial charge >= 0.3 is 0 Å². The van der Waals surface area contributed by atoms with Crippen molar-refractivity contribution in [2.45, 2.75) is 25.7 Å². The lowest BCUT2D eigenvalue weighted by molar-refractivity contribution is 0.333. The van der Waals surface area contributed by atoms with E-state index < -0.39 is 0 Å². The SMILES string of the molecule is COc1cc(CCCN2CCCC2)cc(N)c1OC. The number of likely N-dealkylation sites (tertiary alicyclic amines) is 1. The second-order valence-corrected chi connectivity index (χ2v) is 5.07. The van der Waals surface area contributed by atoms with Gasteiger partial charge in [0.2, 0.25) is 0 Å². The van der Waals surface area contributed by atoms with Gasteiger partial charge in [-0.05, 0) is 63.0 Å². The molecule has 0 saturated carbocycles. The maximum Gasteiger partial charge on any atom is 0.183 e. The molecule has 106 valence electrons. The molecule has 0 aromatic heterocycles. The predicted octanol–water partition coefficient (Wildman–Crippen LogP) is 2.31. The highest BCUT2D eigenvalue weighted by molar-refractivity contribution is 5.62. The Labute approximate surface area is 115 Å². The van der Waals surface area contributed by atoms with Gasteiger partial charge in [0.05, 0.1) is 19.9 Å². The van der Waals surface area contributed by atoms with Crippen molar-refractivity contribution in [3.63, 3.8) is 0 Å². The third kappa shape index (κ3) is 3.53. The van der Waals surface area contributed by atoms with Crippen LogP contribution >= 0.6 is 0 Å². The Morgan fingerprint density at radius 1 is 1.16 bits per heavy atom. The van der Waals surface area contributed by atoms with E-state index in [9.17, 15) is 0 Å². The molecule has 1 saturated heterocycles. The molecule has 1 aromatic rings. The van der Waals surface area contributed by atoms with E-state index in [0.29, 0.717) is 11.4 Å². The summed E-state index contributed by atoms with van der Waals surface area (Å²) in [5, 5.41) is 0. The molecule has 1 fully saturated rings. The zero-order chi connectivity index (χ0) is 13.7. The first-order valence-electron chi connectivity index (χ1n) is 6.97. The normalized spacial score (nSPS) is 15.7. The van der Waals surface area contributed by atoms with Gasteiger partial charge in [0, 0.05) is 0 Å². The van der Waals surface area contributed by atoms with Crippen molar-refractivity contribution < 1.29 is 9.47 Å². The fourth-order valence-electron chi connectivity index (χ4n) is 2.71. The van der Waals surface area contributed by atoms with Crippen molar-refractivity contribution >= 4 is 5.69 Å². The first kappa shape index (κ1) is 14.0. The molecule has 19 heavy (non-hydrogen) atoms. The predicted molar refractivity (Wildman–Crippen MR) is 78.0 cm³/mol. The van der Waals surface area contributed by atoms with E-state index >= 15 is 0 Å². The Bertz CT molecular complexity index is 415. The van der Waals surface area contributed by atoms with Gasteiger partial charge in [0.25, 0.3) is 0 Å².